The first kappa shape index (κ1) is 19.6. The highest BCUT2D eigenvalue weighted by Crippen LogP contribution is 2.21. The SMILES string of the molecule is COc1ccc(Cn2nc3ccc(S(=O)(=O)N4CCCCC4)cn3c2=O)cc1F. The molecule has 1 aliphatic rings. The lowest BCUT2D eigenvalue weighted by Gasteiger charge is -2.25. The van der Waals surface area contributed by atoms with Crippen molar-refractivity contribution in [3.05, 3.63) is 58.4 Å². The second-order valence-corrected chi connectivity index (χ2v) is 8.90. The van der Waals surface area contributed by atoms with E-state index in [2.05, 4.69) is 5.10 Å². The van der Waals surface area contributed by atoms with Gasteiger partial charge in [0.1, 0.15) is 0 Å². The Balaban J connectivity index is 1.67. The van der Waals surface area contributed by atoms with Crippen LogP contribution in [0.3, 0.4) is 0 Å². The third kappa shape index (κ3) is 3.65. The fourth-order valence-electron chi connectivity index (χ4n) is 3.49. The molecule has 1 saturated heterocycles. The van der Waals surface area contributed by atoms with Gasteiger partial charge in [0.25, 0.3) is 0 Å². The molecule has 0 amide bonds. The number of rotatable bonds is 5. The standard InChI is InChI=1S/C19H21FN4O4S/c1-28-17-7-5-14(11-16(17)20)12-24-19(25)23-13-15(6-8-18(23)21-24)29(26,27)22-9-3-2-4-10-22/h5-8,11,13H,2-4,9-10,12H2,1H3. The van der Waals surface area contributed by atoms with E-state index >= 15 is 0 Å². The predicted octanol–water partition coefficient (Wildman–Crippen LogP) is 1.87. The van der Waals surface area contributed by atoms with E-state index in [1.807, 2.05) is 0 Å². The zero-order valence-corrected chi connectivity index (χ0v) is 16.7. The molecule has 1 aliphatic heterocycles. The van der Waals surface area contributed by atoms with E-state index in [0.717, 1.165) is 19.3 Å². The Bertz CT molecular complexity index is 1210. The number of benzene rings is 1. The van der Waals surface area contributed by atoms with Gasteiger partial charge in [-0.25, -0.2) is 26.7 Å². The van der Waals surface area contributed by atoms with E-state index in [1.54, 1.807) is 6.07 Å². The number of hydrogen-bond acceptors (Lipinski definition) is 5. The molecule has 0 radical (unpaired) electrons. The fourth-order valence-corrected chi connectivity index (χ4v) is 5.01. The molecule has 2 aromatic heterocycles. The largest absolute Gasteiger partial charge is 0.494 e. The number of fused-ring (bicyclic) bond motifs is 1. The van der Waals surface area contributed by atoms with E-state index in [0.29, 0.717) is 24.3 Å². The van der Waals surface area contributed by atoms with Gasteiger partial charge in [0.2, 0.25) is 10.0 Å². The van der Waals surface area contributed by atoms with Crippen molar-refractivity contribution < 1.29 is 17.5 Å². The molecule has 0 N–H and O–H groups in total. The van der Waals surface area contributed by atoms with Gasteiger partial charge in [-0.15, -0.1) is 5.10 Å². The van der Waals surface area contributed by atoms with Gasteiger partial charge in [-0.3, -0.25) is 0 Å². The van der Waals surface area contributed by atoms with Crippen molar-refractivity contribution >= 4 is 15.7 Å². The summed E-state index contributed by atoms with van der Waals surface area (Å²) in [6.07, 6.45) is 3.98. The molecular formula is C19H21FN4O4S. The van der Waals surface area contributed by atoms with Gasteiger partial charge >= 0.3 is 5.69 Å². The van der Waals surface area contributed by atoms with E-state index in [-0.39, 0.29) is 17.2 Å². The van der Waals surface area contributed by atoms with Gasteiger partial charge in [0, 0.05) is 19.3 Å². The zero-order valence-electron chi connectivity index (χ0n) is 15.9. The molecule has 1 fully saturated rings. The molecular weight excluding hydrogens is 399 g/mol. The first-order chi connectivity index (χ1) is 13.9. The van der Waals surface area contributed by atoms with Crippen molar-refractivity contribution in [3.8, 4) is 5.75 Å². The van der Waals surface area contributed by atoms with Gasteiger partial charge in [-0.05, 0) is 42.7 Å². The molecule has 29 heavy (non-hydrogen) atoms. The van der Waals surface area contributed by atoms with E-state index in [9.17, 15) is 17.6 Å². The summed E-state index contributed by atoms with van der Waals surface area (Å²) in [5.41, 5.74) is 0.364. The number of hydrogen-bond donors (Lipinski definition) is 0. The van der Waals surface area contributed by atoms with Crippen molar-refractivity contribution in [1.29, 1.82) is 0 Å². The lowest BCUT2D eigenvalue weighted by Crippen LogP contribution is -2.35. The number of ether oxygens (including phenoxy) is 1. The average molecular weight is 420 g/mol. The van der Waals surface area contributed by atoms with Gasteiger partial charge in [0.15, 0.2) is 17.2 Å². The van der Waals surface area contributed by atoms with Gasteiger partial charge in [-0.1, -0.05) is 12.5 Å². The van der Waals surface area contributed by atoms with Crippen LogP contribution in [-0.4, -0.2) is 47.1 Å². The number of nitrogens with zero attached hydrogens (tertiary/aromatic N) is 4. The van der Waals surface area contributed by atoms with Crippen molar-refractivity contribution in [1.82, 2.24) is 18.5 Å². The summed E-state index contributed by atoms with van der Waals surface area (Å²) in [6, 6.07) is 7.37. The molecule has 0 unspecified atom stereocenters. The smallest absolute Gasteiger partial charge is 0.350 e. The van der Waals surface area contributed by atoms with Gasteiger partial charge in [-0.2, -0.15) is 4.31 Å². The van der Waals surface area contributed by atoms with Crippen LogP contribution in [0.2, 0.25) is 0 Å². The molecule has 0 aliphatic carbocycles. The van der Waals surface area contributed by atoms with Crippen molar-refractivity contribution in [2.24, 2.45) is 0 Å². The number of methoxy groups -OCH3 is 1. The minimum Gasteiger partial charge on any atom is -0.494 e. The van der Waals surface area contributed by atoms with Crippen molar-refractivity contribution in [2.75, 3.05) is 20.2 Å². The monoisotopic (exact) mass is 420 g/mol. The van der Waals surface area contributed by atoms with Crippen LogP contribution in [0.25, 0.3) is 5.65 Å². The summed E-state index contributed by atoms with van der Waals surface area (Å²) in [6.45, 7) is 1.02. The summed E-state index contributed by atoms with van der Waals surface area (Å²) in [5, 5.41) is 4.22. The molecule has 1 aromatic carbocycles. The van der Waals surface area contributed by atoms with Crippen LogP contribution in [-0.2, 0) is 16.6 Å². The van der Waals surface area contributed by atoms with E-state index in [1.165, 1.54) is 51.0 Å². The molecule has 10 heteroatoms. The molecule has 3 aromatic rings. The Morgan fingerprint density at radius 1 is 1.14 bits per heavy atom. The van der Waals surface area contributed by atoms with Crippen LogP contribution in [0, 0.1) is 5.82 Å². The highest BCUT2D eigenvalue weighted by molar-refractivity contribution is 7.89. The average Bonchev–Trinajstić information content (AvgIpc) is 3.04. The Morgan fingerprint density at radius 2 is 1.90 bits per heavy atom. The third-order valence-corrected chi connectivity index (χ3v) is 6.93. The van der Waals surface area contributed by atoms with Crippen molar-refractivity contribution in [3.63, 3.8) is 0 Å². The minimum absolute atomic E-state index is 0.0512. The van der Waals surface area contributed by atoms with Crippen molar-refractivity contribution in [2.45, 2.75) is 30.7 Å². The number of pyridine rings is 1. The molecule has 0 saturated carbocycles. The Kier molecular flexibility index (Phi) is 5.13. The van der Waals surface area contributed by atoms with Crippen LogP contribution >= 0.6 is 0 Å². The fraction of sp³-hybridized carbons (Fsp3) is 0.368. The zero-order chi connectivity index (χ0) is 20.6. The molecule has 8 nitrogen and oxygen atoms in total. The van der Waals surface area contributed by atoms with Crippen LogP contribution in [0.1, 0.15) is 24.8 Å². The number of halogens is 1. The Hall–Kier alpha value is -2.72. The summed E-state index contributed by atoms with van der Waals surface area (Å²) in [4.78, 5) is 12.8. The third-order valence-electron chi connectivity index (χ3n) is 5.05. The minimum atomic E-state index is -3.66. The second-order valence-electron chi connectivity index (χ2n) is 6.97. The second kappa shape index (κ2) is 7.60. The maximum atomic E-state index is 13.9. The first-order valence-corrected chi connectivity index (χ1v) is 10.8. The Morgan fingerprint density at radius 3 is 2.59 bits per heavy atom. The summed E-state index contributed by atoms with van der Waals surface area (Å²) >= 11 is 0. The summed E-state index contributed by atoms with van der Waals surface area (Å²) < 4.78 is 48.4. The van der Waals surface area contributed by atoms with E-state index < -0.39 is 21.5 Å². The molecule has 154 valence electrons. The topological polar surface area (TPSA) is 85.9 Å². The molecule has 3 heterocycles. The van der Waals surface area contributed by atoms with Crippen LogP contribution in [0.4, 0.5) is 4.39 Å². The molecule has 0 bridgehead atoms. The van der Waals surface area contributed by atoms with Gasteiger partial charge < -0.3 is 4.74 Å². The normalized spacial score (nSPS) is 15.7. The maximum absolute atomic E-state index is 13.9. The first-order valence-electron chi connectivity index (χ1n) is 9.32. The summed E-state index contributed by atoms with van der Waals surface area (Å²) in [7, 11) is -2.28. The predicted molar refractivity (Wildman–Crippen MR) is 104 cm³/mol. The van der Waals surface area contributed by atoms with Gasteiger partial charge in [0.05, 0.1) is 18.6 Å². The number of aromatic nitrogens is 3. The quantitative estimate of drug-likeness (QED) is 0.629. The summed E-state index contributed by atoms with van der Waals surface area (Å²) in [5.74, 6) is -0.416. The lowest BCUT2D eigenvalue weighted by atomic mass is 10.2. The maximum Gasteiger partial charge on any atom is 0.350 e. The van der Waals surface area contributed by atoms with Crippen LogP contribution in [0.15, 0.2) is 46.2 Å². The lowest BCUT2D eigenvalue weighted by molar-refractivity contribution is 0.346. The number of piperidine rings is 1. The molecule has 0 atom stereocenters. The van der Waals surface area contributed by atoms with Crippen LogP contribution in [0.5, 0.6) is 5.75 Å². The highest BCUT2D eigenvalue weighted by Gasteiger charge is 2.26. The highest BCUT2D eigenvalue weighted by atomic mass is 32.2. The van der Waals surface area contributed by atoms with E-state index in [4.69, 9.17) is 4.74 Å². The number of sulfonamides is 1. The molecule has 4 rings (SSSR count). The molecule has 0 spiro atoms. The Labute approximate surface area is 167 Å². The van der Waals surface area contributed by atoms with Crippen LogP contribution < -0.4 is 10.4 Å².